The molecule has 0 radical (unpaired) electrons. The maximum absolute atomic E-state index is 13.1. The molecule has 2 fully saturated rings. The molecule has 2 atom stereocenters. The van der Waals surface area contributed by atoms with Gasteiger partial charge in [-0.3, -0.25) is 4.79 Å². The predicted octanol–water partition coefficient (Wildman–Crippen LogP) is 2.35. The van der Waals surface area contributed by atoms with Crippen molar-refractivity contribution in [1.29, 1.82) is 0 Å². The van der Waals surface area contributed by atoms with Crippen molar-refractivity contribution in [3.8, 4) is 0 Å². The van der Waals surface area contributed by atoms with Crippen molar-refractivity contribution >= 4 is 11.6 Å². The van der Waals surface area contributed by atoms with E-state index in [-0.39, 0.29) is 5.91 Å². The lowest BCUT2D eigenvalue weighted by Gasteiger charge is -2.38. The average Bonchev–Trinajstić information content (AvgIpc) is 3.21. The van der Waals surface area contributed by atoms with Gasteiger partial charge < -0.3 is 9.80 Å². The van der Waals surface area contributed by atoms with E-state index in [9.17, 15) is 4.79 Å². The van der Waals surface area contributed by atoms with Crippen molar-refractivity contribution in [1.82, 2.24) is 19.9 Å². The number of rotatable bonds is 3. The molecular formula is C18H23N5O. The molecule has 126 valence electrons. The Kier molecular flexibility index (Phi) is 3.75. The summed E-state index contributed by atoms with van der Waals surface area (Å²) in [5.74, 6) is 0.165. The van der Waals surface area contributed by atoms with Crippen molar-refractivity contribution < 1.29 is 4.79 Å². The Balaban J connectivity index is 1.55. The molecule has 1 aromatic carbocycles. The second-order valence-corrected chi connectivity index (χ2v) is 7.02. The Morgan fingerprint density at radius 3 is 2.38 bits per heavy atom. The summed E-state index contributed by atoms with van der Waals surface area (Å²) in [7, 11) is 3.99. The van der Waals surface area contributed by atoms with Gasteiger partial charge in [0.25, 0.3) is 5.91 Å². The zero-order chi connectivity index (χ0) is 16.7. The molecule has 2 unspecified atom stereocenters. The molecule has 0 saturated carbocycles. The topological polar surface area (TPSA) is 54.3 Å². The highest BCUT2D eigenvalue weighted by atomic mass is 16.2. The van der Waals surface area contributed by atoms with E-state index in [0.717, 1.165) is 36.9 Å². The van der Waals surface area contributed by atoms with Crippen LogP contribution in [0, 0.1) is 0 Å². The Morgan fingerprint density at radius 1 is 1.08 bits per heavy atom. The van der Waals surface area contributed by atoms with Crippen molar-refractivity contribution in [2.75, 3.05) is 19.0 Å². The molecule has 6 nitrogen and oxygen atoms in total. The summed E-state index contributed by atoms with van der Waals surface area (Å²) in [5.41, 5.74) is 1.84. The van der Waals surface area contributed by atoms with E-state index in [2.05, 4.69) is 15.1 Å². The molecule has 1 aromatic heterocycles. The number of carbonyl (C=O) groups excluding carboxylic acids is 1. The van der Waals surface area contributed by atoms with Crippen LogP contribution < -0.4 is 4.90 Å². The smallest absolute Gasteiger partial charge is 0.254 e. The van der Waals surface area contributed by atoms with Crippen molar-refractivity contribution in [3.05, 3.63) is 42.2 Å². The molecule has 0 N–H and O–H groups in total. The SMILES string of the molecule is CN(C)c1cccc(C(=O)N2C3CCC2CC(n2nccn2)C3)c1. The fourth-order valence-electron chi connectivity index (χ4n) is 4.15. The maximum Gasteiger partial charge on any atom is 0.254 e. The normalized spacial score (nSPS) is 25.8. The van der Waals surface area contributed by atoms with Crippen LogP contribution >= 0.6 is 0 Å². The van der Waals surface area contributed by atoms with Crippen molar-refractivity contribution in [3.63, 3.8) is 0 Å². The number of nitrogens with zero attached hydrogens (tertiary/aromatic N) is 5. The molecule has 2 aliphatic rings. The van der Waals surface area contributed by atoms with E-state index < -0.39 is 0 Å². The van der Waals surface area contributed by atoms with Gasteiger partial charge in [-0.2, -0.15) is 15.0 Å². The molecule has 2 aromatic rings. The first-order chi connectivity index (χ1) is 11.6. The van der Waals surface area contributed by atoms with Crippen LogP contribution in [0.15, 0.2) is 36.7 Å². The van der Waals surface area contributed by atoms with Gasteiger partial charge in [-0.25, -0.2) is 0 Å². The van der Waals surface area contributed by atoms with Gasteiger partial charge >= 0.3 is 0 Å². The summed E-state index contributed by atoms with van der Waals surface area (Å²) in [6.45, 7) is 0. The average molecular weight is 325 g/mol. The standard InChI is InChI=1S/C18H23N5O/c1-21(2)14-5-3-4-13(10-14)18(24)22-15-6-7-16(22)12-17(11-15)23-19-8-9-20-23/h3-5,8-10,15-17H,6-7,11-12H2,1-2H3. The van der Waals surface area contributed by atoms with E-state index in [0.29, 0.717) is 18.1 Å². The number of hydrogen-bond donors (Lipinski definition) is 0. The first kappa shape index (κ1) is 15.2. The molecule has 6 heteroatoms. The minimum Gasteiger partial charge on any atom is -0.378 e. The molecular weight excluding hydrogens is 302 g/mol. The monoisotopic (exact) mass is 325 g/mol. The summed E-state index contributed by atoms with van der Waals surface area (Å²) in [6, 6.07) is 8.82. The third-order valence-corrected chi connectivity index (χ3v) is 5.32. The van der Waals surface area contributed by atoms with Gasteiger partial charge in [0.05, 0.1) is 18.4 Å². The van der Waals surface area contributed by atoms with Crippen LogP contribution in [0.3, 0.4) is 0 Å². The number of hydrogen-bond acceptors (Lipinski definition) is 4. The molecule has 24 heavy (non-hydrogen) atoms. The van der Waals surface area contributed by atoms with E-state index >= 15 is 0 Å². The number of carbonyl (C=O) groups is 1. The second-order valence-electron chi connectivity index (χ2n) is 7.02. The lowest BCUT2D eigenvalue weighted by Crippen LogP contribution is -2.47. The zero-order valence-electron chi connectivity index (χ0n) is 14.2. The largest absolute Gasteiger partial charge is 0.378 e. The minimum absolute atomic E-state index is 0.165. The molecule has 4 rings (SSSR count). The molecule has 2 aliphatic heterocycles. The van der Waals surface area contributed by atoms with E-state index in [4.69, 9.17) is 0 Å². The van der Waals surface area contributed by atoms with Crippen LogP contribution in [-0.4, -0.2) is 52.0 Å². The van der Waals surface area contributed by atoms with E-state index in [1.165, 1.54) is 0 Å². The summed E-state index contributed by atoms with van der Waals surface area (Å²) < 4.78 is 0. The Labute approximate surface area is 142 Å². The second kappa shape index (κ2) is 5.92. The van der Waals surface area contributed by atoms with Gasteiger partial charge in [0.2, 0.25) is 0 Å². The molecule has 0 spiro atoms. The third kappa shape index (κ3) is 2.56. The number of fused-ring (bicyclic) bond motifs is 2. The molecule has 3 heterocycles. The van der Waals surface area contributed by atoms with Gasteiger partial charge in [0.15, 0.2) is 0 Å². The van der Waals surface area contributed by atoms with Gasteiger partial charge in [0, 0.05) is 37.4 Å². The summed E-state index contributed by atoms with van der Waals surface area (Å²) in [6.07, 6.45) is 7.52. The van der Waals surface area contributed by atoms with Crippen LogP contribution in [0.25, 0.3) is 0 Å². The van der Waals surface area contributed by atoms with Crippen molar-refractivity contribution in [2.24, 2.45) is 0 Å². The highest BCUT2D eigenvalue weighted by molar-refractivity contribution is 5.95. The highest BCUT2D eigenvalue weighted by Gasteiger charge is 2.44. The number of amides is 1. The van der Waals surface area contributed by atoms with Gasteiger partial charge in [0.1, 0.15) is 0 Å². The van der Waals surface area contributed by atoms with Gasteiger partial charge in [-0.1, -0.05) is 6.07 Å². The fraction of sp³-hybridized carbons (Fsp3) is 0.500. The van der Waals surface area contributed by atoms with Crippen LogP contribution in [0.4, 0.5) is 5.69 Å². The van der Waals surface area contributed by atoms with E-state index in [1.54, 1.807) is 12.4 Å². The Morgan fingerprint density at radius 2 is 1.75 bits per heavy atom. The lowest BCUT2D eigenvalue weighted by atomic mass is 9.96. The van der Waals surface area contributed by atoms with Crippen LogP contribution in [0.2, 0.25) is 0 Å². The maximum atomic E-state index is 13.1. The summed E-state index contributed by atoms with van der Waals surface area (Å²) in [5, 5.41) is 8.58. The first-order valence-electron chi connectivity index (χ1n) is 8.59. The van der Waals surface area contributed by atoms with E-state index in [1.807, 2.05) is 48.1 Å². The zero-order valence-corrected chi connectivity index (χ0v) is 14.2. The van der Waals surface area contributed by atoms with Gasteiger partial charge in [-0.15, -0.1) is 0 Å². The van der Waals surface area contributed by atoms with Crippen LogP contribution in [-0.2, 0) is 0 Å². The Hall–Kier alpha value is -2.37. The quantitative estimate of drug-likeness (QED) is 0.869. The Bertz CT molecular complexity index is 713. The predicted molar refractivity (Wildman–Crippen MR) is 92.0 cm³/mol. The summed E-state index contributed by atoms with van der Waals surface area (Å²) in [4.78, 5) is 19.1. The molecule has 2 bridgehead atoms. The first-order valence-corrected chi connectivity index (χ1v) is 8.59. The number of benzene rings is 1. The van der Waals surface area contributed by atoms with Crippen LogP contribution in [0.5, 0.6) is 0 Å². The third-order valence-electron chi connectivity index (χ3n) is 5.32. The molecule has 0 aliphatic carbocycles. The lowest BCUT2D eigenvalue weighted by molar-refractivity contribution is 0.0512. The molecule has 1 amide bonds. The number of aromatic nitrogens is 3. The minimum atomic E-state index is 0.165. The number of anilines is 1. The molecule has 2 saturated heterocycles. The fourth-order valence-corrected chi connectivity index (χ4v) is 4.15. The van der Waals surface area contributed by atoms with Crippen molar-refractivity contribution in [2.45, 2.75) is 43.8 Å². The summed E-state index contributed by atoms with van der Waals surface area (Å²) >= 11 is 0. The highest BCUT2D eigenvalue weighted by Crippen LogP contribution is 2.41. The van der Waals surface area contributed by atoms with Gasteiger partial charge in [-0.05, 0) is 43.9 Å². The number of piperidine rings is 1. The van der Waals surface area contributed by atoms with Crippen LogP contribution in [0.1, 0.15) is 42.1 Å².